The molecule has 1 saturated heterocycles. The van der Waals surface area contributed by atoms with E-state index in [1.807, 2.05) is 32.2 Å². The molecule has 0 unspecified atom stereocenters. The molecule has 1 aliphatic heterocycles. The minimum absolute atomic E-state index is 0.0163. The zero-order valence-electron chi connectivity index (χ0n) is 14.5. The smallest absolute Gasteiger partial charge is 0.251 e. The van der Waals surface area contributed by atoms with Crippen LogP contribution in [0.3, 0.4) is 0 Å². The van der Waals surface area contributed by atoms with Gasteiger partial charge < -0.3 is 20.7 Å². The second-order valence-corrected chi connectivity index (χ2v) is 6.20. The number of likely N-dealkylation sites (tertiary alicyclic amines) is 1. The number of anilines is 1. The number of nitrogens with one attached hydrogen (secondary N) is 1. The molecule has 132 valence electrons. The molecule has 1 aromatic carbocycles. The van der Waals surface area contributed by atoms with Crippen molar-refractivity contribution in [1.29, 1.82) is 0 Å². The highest BCUT2D eigenvalue weighted by molar-refractivity contribution is 5.95. The molecule has 0 bridgehead atoms. The fraction of sp³-hybridized carbons (Fsp3) is 0.389. The summed E-state index contributed by atoms with van der Waals surface area (Å²) in [6, 6.07) is 7.31. The largest absolute Gasteiger partial charge is 0.382 e. The van der Waals surface area contributed by atoms with Crippen molar-refractivity contribution in [3.63, 3.8) is 0 Å². The number of nitrogens with zero attached hydrogens (tertiary/aromatic N) is 3. The fourth-order valence-electron chi connectivity index (χ4n) is 3.04. The molecule has 0 saturated carbocycles. The van der Waals surface area contributed by atoms with E-state index in [-0.39, 0.29) is 18.1 Å². The van der Waals surface area contributed by atoms with Gasteiger partial charge in [0.05, 0.1) is 30.2 Å². The number of nitrogen functional groups attached to an aromatic ring is 1. The number of carbonyl (C=O) groups is 1. The number of hydrogen-bond acceptors (Lipinski definition) is 6. The van der Waals surface area contributed by atoms with Crippen molar-refractivity contribution in [2.75, 3.05) is 32.5 Å². The van der Waals surface area contributed by atoms with Crippen LogP contribution in [0.5, 0.6) is 0 Å². The number of aromatic nitrogens is 2. The lowest BCUT2D eigenvalue weighted by Crippen LogP contribution is -2.44. The molecule has 1 amide bonds. The first-order valence-electron chi connectivity index (χ1n) is 8.35. The van der Waals surface area contributed by atoms with Gasteiger partial charge in [-0.05, 0) is 26.1 Å². The maximum atomic E-state index is 12.7. The SMILES string of the molecule is CCO[C@H]1CN(C)C[C@@H]1NC(=O)c1cccc(-c2cnc(N)cn2)c1. The lowest BCUT2D eigenvalue weighted by Gasteiger charge is -2.20. The highest BCUT2D eigenvalue weighted by Gasteiger charge is 2.32. The lowest BCUT2D eigenvalue weighted by molar-refractivity contribution is 0.0513. The molecule has 1 fully saturated rings. The van der Waals surface area contributed by atoms with E-state index in [0.29, 0.717) is 23.7 Å². The fourth-order valence-corrected chi connectivity index (χ4v) is 3.04. The van der Waals surface area contributed by atoms with E-state index in [9.17, 15) is 4.79 Å². The Labute approximate surface area is 147 Å². The van der Waals surface area contributed by atoms with Crippen LogP contribution < -0.4 is 11.1 Å². The van der Waals surface area contributed by atoms with E-state index < -0.39 is 0 Å². The van der Waals surface area contributed by atoms with Crippen LogP contribution in [-0.2, 0) is 4.74 Å². The molecule has 25 heavy (non-hydrogen) atoms. The first-order valence-corrected chi connectivity index (χ1v) is 8.35. The van der Waals surface area contributed by atoms with Crippen molar-refractivity contribution in [2.45, 2.75) is 19.1 Å². The molecular weight excluding hydrogens is 318 g/mol. The summed E-state index contributed by atoms with van der Waals surface area (Å²) < 4.78 is 5.74. The summed E-state index contributed by atoms with van der Waals surface area (Å²) in [5.41, 5.74) is 7.66. The summed E-state index contributed by atoms with van der Waals surface area (Å²) >= 11 is 0. The van der Waals surface area contributed by atoms with E-state index in [1.165, 1.54) is 6.20 Å². The van der Waals surface area contributed by atoms with Gasteiger partial charge in [-0.3, -0.25) is 9.78 Å². The predicted molar refractivity (Wildman–Crippen MR) is 96.0 cm³/mol. The third-order valence-corrected chi connectivity index (χ3v) is 4.24. The minimum Gasteiger partial charge on any atom is -0.382 e. The summed E-state index contributed by atoms with van der Waals surface area (Å²) in [4.78, 5) is 23.1. The van der Waals surface area contributed by atoms with Crippen LogP contribution in [0.4, 0.5) is 5.82 Å². The van der Waals surface area contributed by atoms with Gasteiger partial charge >= 0.3 is 0 Å². The Balaban J connectivity index is 1.74. The number of hydrogen-bond donors (Lipinski definition) is 2. The van der Waals surface area contributed by atoms with Crippen molar-refractivity contribution in [3.05, 3.63) is 42.2 Å². The maximum absolute atomic E-state index is 12.7. The Kier molecular flexibility index (Phi) is 5.25. The molecular formula is C18H23N5O2. The topological polar surface area (TPSA) is 93.4 Å². The van der Waals surface area contributed by atoms with Crippen LogP contribution in [0.25, 0.3) is 11.3 Å². The Morgan fingerprint density at radius 3 is 2.92 bits per heavy atom. The zero-order chi connectivity index (χ0) is 17.8. The van der Waals surface area contributed by atoms with Gasteiger partial charge in [0.15, 0.2) is 0 Å². The van der Waals surface area contributed by atoms with Gasteiger partial charge in [0.2, 0.25) is 0 Å². The van der Waals surface area contributed by atoms with Gasteiger partial charge in [-0.1, -0.05) is 12.1 Å². The Morgan fingerprint density at radius 2 is 2.20 bits per heavy atom. The number of likely N-dealkylation sites (N-methyl/N-ethyl adjacent to an activating group) is 1. The summed E-state index contributed by atoms with van der Waals surface area (Å²) in [5.74, 6) is 0.250. The van der Waals surface area contributed by atoms with E-state index in [2.05, 4.69) is 20.2 Å². The van der Waals surface area contributed by atoms with Crippen LogP contribution in [-0.4, -0.2) is 59.7 Å². The van der Waals surface area contributed by atoms with Gasteiger partial charge in [0.1, 0.15) is 5.82 Å². The lowest BCUT2D eigenvalue weighted by atomic mass is 10.1. The molecule has 1 aliphatic rings. The van der Waals surface area contributed by atoms with Crippen LogP contribution in [0.1, 0.15) is 17.3 Å². The second kappa shape index (κ2) is 7.58. The van der Waals surface area contributed by atoms with E-state index >= 15 is 0 Å². The standard InChI is InChI=1S/C18H23N5O2/c1-3-25-16-11-23(2)10-15(16)22-18(24)13-6-4-5-12(7-13)14-8-21-17(19)9-20-14/h4-9,15-16H,3,10-11H2,1-2H3,(H2,19,21)(H,22,24)/t15-,16-/m0/s1. The number of amides is 1. The molecule has 7 nitrogen and oxygen atoms in total. The van der Waals surface area contributed by atoms with E-state index in [1.54, 1.807) is 12.3 Å². The second-order valence-electron chi connectivity index (χ2n) is 6.20. The molecule has 2 heterocycles. The summed E-state index contributed by atoms with van der Waals surface area (Å²) in [6.07, 6.45) is 3.12. The highest BCUT2D eigenvalue weighted by atomic mass is 16.5. The molecule has 7 heteroatoms. The number of ether oxygens (including phenoxy) is 1. The molecule has 0 spiro atoms. The first-order chi connectivity index (χ1) is 12.1. The minimum atomic E-state index is -0.116. The van der Waals surface area contributed by atoms with Crippen LogP contribution in [0, 0.1) is 0 Å². The van der Waals surface area contributed by atoms with Crippen LogP contribution >= 0.6 is 0 Å². The number of rotatable bonds is 5. The zero-order valence-corrected chi connectivity index (χ0v) is 14.5. The summed E-state index contributed by atoms with van der Waals surface area (Å²) in [5, 5.41) is 3.09. The Morgan fingerprint density at radius 1 is 1.36 bits per heavy atom. The van der Waals surface area contributed by atoms with Crippen molar-refractivity contribution >= 4 is 11.7 Å². The van der Waals surface area contributed by atoms with E-state index in [0.717, 1.165) is 18.7 Å². The third-order valence-electron chi connectivity index (χ3n) is 4.24. The van der Waals surface area contributed by atoms with Crippen molar-refractivity contribution < 1.29 is 9.53 Å². The highest BCUT2D eigenvalue weighted by Crippen LogP contribution is 2.19. The van der Waals surface area contributed by atoms with Crippen LogP contribution in [0.2, 0.25) is 0 Å². The molecule has 2 atom stereocenters. The maximum Gasteiger partial charge on any atom is 0.251 e. The van der Waals surface area contributed by atoms with Crippen molar-refractivity contribution in [1.82, 2.24) is 20.2 Å². The molecule has 3 N–H and O–H groups in total. The van der Waals surface area contributed by atoms with Crippen molar-refractivity contribution in [2.24, 2.45) is 0 Å². The Hall–Kier alpha value is -2.51. The van der Waals surface area contributed by atoms with Gasteiger partial charge in [0.25, 0.3) is 5.91 Å². The van der Waals surface area contributed by atoms with Gasteiger partial charge in [-0.2, -0.15) is 0 Å². The van der Waals surface area contributed by atoms with Gasteiger partial charge in [-0.15, -0.1) is 0 Å². The summed E-state index contributed by atoms with van der Waals surface area (Å²) in [7, 11) is 2.03. The molecule has 1 aromatic heterocycles. The first kappa shape index (κ1) is 17.3. The van der Waals surface area contributed by atoms with E-state index in [4.69, 9.17) is 10.5 Å². The van der Waals surface area contributed by atoms with Gasteiger partial charge in [0, 0.05) is 30.8 Å². The predicted octanol–water partition coefficient (Wildman–Crippen LogP) is 1.17. The number of nitrogens with two attached hydrogens (primary N) is 1. The molecule has 0 aliphatic carbocycles. The Bertz CT molecular complexity index is 735. The molecule has 3 rings (SSSR count). The normalized spacial score (nSPS) is 20.6. The third kappa shape index (κ3) is 4.12. The average molecular weight is 341 g/mol. The average Bonchev–Trinajstić information content (AvgIpc) is 2.95. The van der Waals surface area contributed by atoms with Gasteiger partial charge in [-0.25, -0.2) is 4.98 Å². The number of carbonyl (C=O) groups excluding carboxylic acids is 1. The van der Waals surface area contributed by atoms with Crippen molar-refractivity contribution in [3.8, 4) is 11.3 Å². The summed E-state index contributed by atoms with van der Waals surface area (Å²) in [6.45, 7) is 4.20. The molecule has 0 radical (unpaired) electrons. The quantitative estimate of drug-likeness (QED) is 0.848. The monoisotopic (exact) mass is 341 g/mol. The van der Waals surface area contributed by atoms with Crippen LogP contribution in [0.15, 0.2) is 36.7 Å². The molecule has 2 aromatic rings. The number of benzene rings is 1.